The molecule has 1 rings (SSSR count). The molecule has 0 spiro atoms. The summed E-state index contributed by atoms with van der Waals surface area (Å²) in [5.41, 5.74) is 0.417. The van der Waals surface area contributed by atoms with Gasteiger partial charge in [-0.1, -0.05) is 6.07 Å². The predicted molar refractivity (Wildman–Crippen MR) is 56.6 cm³/mol. The van der Waals surface area contributed by atoms with Crippen LogP contribution < -0.4 is 4.74 Å². The first-order valence-electron chi connectivity index (χ1n) is 4.81. The first-order valence-corrected chi connectivity index (χ1v) is 6.22. The van der Waals surface area contributed by atoms with Crippen LogP contribution in [-0.2, 0) is 14.3 Å². The van der Waals surface area contributed by atoms with Gasteiger partial charge in [0.1, 0.15) is 5.75 Å². The van der Waals surface area contributed by atoms with Crippen LogP contribution in [-0.4, -0.2) is 21.6 Å². The molecule has 0 saturated heterocycles. The van der Waals surface area contributed by atoms with Crippen LogP contribution in [0.1, 0.15) is 12.5 Å². The molecule has 0 amide bonds. The van der Waals surface area contributed by atoms with Crippen molar-refractivity contribution >= 4 is 10.1 Å². The zero-order chi connectivity index (χ0) is 13.1. The molecule has 1 aromatic carbocycles. The molecule has 0 aliphatic rings. The van der Waals surface area contributed by atoms with E-state index in [0.717, 1.165) is 6.07 Å². The Balaban J connectivity index is 3.12. The number of halogens is 2. The highest BCUT2D eigenvalue weighted by atomic mass is 32.2. The largest absolute Gasteiger partial charge is 0.435 e. The lowest BCUT2D eigenvalue weighted by molar-refractivity contribution is -0.0504. The van der Waals surface area contributed by atoms with Crippen molar-refractivity contribution in [3.8, 4) is 5.75 Å². The summed E-state index contributed by atoms with van der Waals surface area (Å²) in [7, 11) is -3.91. The SMILES string of the molecule is CCOS(=O)(=O)c1ccc(C)c(OC(F)F)c1. The Bertz CT molecular complexity index is 485. The van der Waals surface area contributed by atoms with Crippen molar-refractivity contribution in [2.24, 2.45) is 0 Å². The third-order valence-electron chi connectivity index (χ3n) is 1.94. The second-order valence-corrected chi connectivity index (χ2v) is 4.78. The van der Waals surface area contributed by atoms with Crippen LogP contribution in [0.5, 0.6) is 5.75 Å². The number of aryl methyl sites for hydroxylation is 1. The van der Waals surface area contributed by atoms with Gasteiger partial charge in [-0.05, 0) is 25.5 Å². The Morgan fingerprint density at radius 2 is 2.00 bits per heavy atom. The number of ether oxygens (including phenoxy) is 1. The van der Waals surface area contributed by atoms with Gasteiger partial charge in [0.15, 0.2) is 0 Å². The van der Waals surface area contributed by atoms with E-state index >= 15 is 0 Å². The number of hydrogen-bond acceptors (Lipinski definition) is 4. The molecule has 0 aliphatic heterocycles. The molecule has 17 heavy (non-hydrogen) atoms. The normalized spacial score (nSPS) is 11.8. The van der Waals surface area contributed by atoms with E-state index in [1.54, 1.807) is 0 Å². The van der Waals surface area contributed by atoms with Crippen molar-refractivity contribution in [3.63, 3.8) is 0 Å². The van der Waals surface area contributed by atoms with Crippen molar-refractivity contribution in [2.45, 2.75) is 25.4 Å². The van der Waals surface area contributed by atoms with Crippen LogP contribution in [0.4, 0.5) is 8.78 Å². The molecule has 0 fully saturated rings. The van der Waals surface area contributed by atoms with Gasteiger partial charge in [0.2, 0.25) is 0 Å². The van der Waals surface area contributed by atoms with Crippen LogP contribution in [0.3, 0.4) is 0 Å². The number of hydrogen-bond donors (Lipinski definition) is 0. The molecular weight excluding hydrogens is 254 g/mol. The second kappa shape index (κ2) is 5.42. The van der Waals surface area contributed by atoms with Gasteiger partial charge in [0, 0.05) is 6.07 Å². The van der Waals surface area contributed by atoms with E-state index < -0.39 is 16.7 Å². The maximum atomic E-state index is 12.1. The predicted octanol–water partition coefficient (Wildman–Crippen LogP) is 2.32. The molecular formula is C10H12F2O4S. The monoisotopic (exact) mass is 266 g/mol. The summed E-state index contributed by atoms with van der Waals surface area (Å²) >= 11 is 0. The zero-order valence-electron chi connectivity index (χ0n) is 9.31. The first-order chi connectivity index (χ1) is 7.86. The van der Waals surface area contributed by atoms with Crippen molar-refractivity contribution in [2.75, 3.05) is 6.61 Å². The van der Waals surface area contributed by atoms with Crippen LogP contribution in [0.25, 0.3) is 0 Å². The average Bonchev–Trinajstić information content (AvgIpc) is 2.20. The highest BCUT2D eigenvalue weighted by molar-refractivity contribution is 7.86. The summed E-state index contributed by atoms with van der Waals surface area (Å²) in [5.74, 6) is -0.180. The summed E-state index contributed by atoms with van der Waals surface area (Å²) < 4.78 is 55.9. The average molecular weight is 266 g/mol. The topological polar surface area (TPSA) is 52.6 Å². The van der Waals surface area contributed by atoms with E-state index in [0.29, 0.717) is 5.56 Å². The molecule has 0 aliphatic carbocycles. The fraction of sp³-hybridized carbons (Fsp3) is 0.400. The molecule has 0 heterocycles. The van der Waals surface area contributed by atoms with Crippen LogP contribution in [0.2, 0.25) is 0 Å². The molecule has 0 bridgehead atoms. The number of benzene rings is 1. The third kappa shape index (κ3) is 3.64. The molecule has 1 aromatic rings. The van der Waals surface area contributed by atoms with Gasteiger partial charge in [0.25, 0.3) is 10.1 Å². The van der Waals surface area contributed by atoms with Crippen molar-refractivity contribution in [3.05, 3.63) is 23.8 Å². The van der Waals surface area contributed by atoms with Crippen LogP contribution >= 0.6 is 0 Å². The minimum Gasteiger partial charge on any atom is -0.435 e. The Kier molecular flexibility index (Phi) is 4.41. The molecule has 0 N–H and O–H groups in total. The van der Waals surface area contributed by atoms with Crippen molar-refractivity contribution in [1.82, 2.24) is 0 Å². The van der Waals surface area contributed by atoms with E-state index in [-0.39, 0.29) is 17.3 Å². The lowest BCUT2D eigenvalue weighted by atomic mass is 10.2. The Morgan fingerprint density at radius 1 is 1.35 bits per heavy atom. The molecule has 0 radical (unpaired) electrons. The van der Waals surface area contributed by atoms with Gasteiger partial charge in [0.05, 0.1) is 11.5 Å². The van der Waals surface area contributed by atoms with Crippen molar-refractivity contribution in [1.29, 1.82) is 0 Å². The molecule has 7 heteroatoms. The molecule has 0 atom stereocenters. The highest BCUT2D eigenvalue weighted by Crippen LogP contribution is 2.24. The minimum absolute atomic E-state index is 0.0265. The second-order valence-electron chi connectivity index (χ2n) is 3.17. The van der Waals surface area contributed by atoms with E-state index in [2.05, 4.69) is 8.92 Å². The number of alkyl halides is 2. The molecule has 0 aromatic heterocycles. The number of rotatable bonds is 5. The summed E-state index contributed by atoms with van der Waals surface area (Å²) in [6.45, 7) is 0.0250. The highest BCUT2D eigenvalue weighted by Gasteiger charge is 2.17. The Labute approximate surface area is 98.3 Å². The molecule has 0 unspecified atom stereocenters. The summed E-state index contributed by atoms with van der Waals surface area (Å²) in [5, 5.41) is 0. The Hall–Kier alpha value is -1.21. The quantitative estimate of drug-likeness (QED) is 0.767. The minimum atomic E-state index is -3.91. The Morgan fingerprint density at radius 3 is 2.53 bits per heavy atom. The summed E-state index contributed by atoms with van der Waals surface area (Å²) in [4.78, 5) is -0.208. The first kappa shape index (κ1) is 13.9. The summed E-state index contributed by atoms with van der Waals surface area (Å²) in [6, 6.07) is 3.68. The van der Waals surface area contributed by atoms with E-state index in [1.165, 1.54) is 26.0 Å². The maximum Gasteiger partial charge on any atom is 0.387 e. The van der Waals surface area contributed by atoms with Crippen LogP contribution in [0.15, 0.2) is 23.1 Å². The van der Waals surface area contributed by atoms with Gasteiger partial charge in [-0.25, -0.2) is 0 Å². The molecule has 4 nitrogen and oxygen atoms in total. The standard InChI is InChI=1S/C10H12F2O4S/c1-3-15-17(13,14)8-5-4-7(2)9(6-8)16-10(11)12/h4-6,10H,3H2,1-2H3. The lowest BCUT2D eigenvalue weighted by Gasteiger charge is -2.10. The van der Waals surface area contributed by atoms with Gasteiger partial charge in [-0.3, -0.25) is 4.18 Å². The lowest BCUT2D eigenvalue weighted by Crippen LogP contribution is -2.08. The molecule has 96 valence electrons. The van der Waals surface area contributed by atoms with Crippen molar-refractivity contribution < 1.29 is 26.1 Å². The fourth-order valence-corrected chi connectivity index (χ4v) is 2.11. The zero-order valence-corrected chi connectivity index (χ0v) is 10.1. The van der Waals surface area contributed by atoms with Gasteiger partial charge >= 0.3 is 6.61 Å². The van der Waals surface area contributed by atoms with E-state index in [4.69, 9.17) is 0 Å². The van der Waals surface area contributed by atoms with E-state index in [1.807, 2.05) is 0 Å². The maximum absolute atomic E-state index is 12.1. The summed E-state index contributed by atoms with van der Waals surface area (Å²) in [6.07, 6.45) is 0. The smallest absolute Gasteiger partial charge is 0.387 e. The van der Waals surface area contributed by atoms with Crippen LogP contribution in [0, 0.1) is 6.92 Å². The third-order valence-corrected chi connectivity index (χ3v) is 3.31. The van der Waals surface area contributed by atoms with Gasteiger partial charge < -0.3 is 4.74 Å². The van der Waals surface area contributed by atoms with E-state index in [9.17, 15) is 17.2 Å². The fourth-order valence-electron chi connectivity index (χ4n) is 1.18. The van der Waals surface area contributed by atoms with Gasteiger partial charge in [-0.15, -0.1) is 0 Å². The van der Waals surface area contributed by atoms with Gasteiger partial charge in [-0.2, -0.15) is 17.2 Å². The molecule has 0 saturated carbocycles.